The molecule has 11 heteroatoms. The van der Waals surface area contributed by atoms with Gasteiger partial charge in [0.2, 0.25) is 0 Å². The van der Waals surface area contributed by atoms with Crippen LogP contribution >= 0.6 is 11.3 Å². The van der Waals surface area contributed by atoms with Crippen LogP contribution in [-0.4, -0.2) is 35.1 Å². The molecular formula is C30H28F3N3O4S. The van der Waals surface area contributed by atoms with Crippen molar-refractivity contribution in [1.82, 2.24) is 10.3 Å². The van der Waals surface area contributed by atoms with Gasteiger partial charge in [-0.1, -0.05) is 31.2 Å². The number of amides is 1. The Morgan fingerprint density at radius 3 is 2.29 bits per heavy atom. The number of carbonyl (C=O) groups excluding carboxylic acids is 1. The van der Waals surface area contributed by atoms with Crippen molar-refractivity contribution >= 4 is 34.0 Å². The summed E-state index contributed by atoms with van der Waals surface area (Å²) in [5, 5.41) is 13.8. The van der Waals surface area contributed by atoms with Crippen LogP contribution in [0.4, 0.5) is 24.0 Å². The fourth-order valence-electron chi connectivity index (χ4n) is 3.89. The van der Waals surface area contributed by atoms with Crippen LogP contribution in [0.1, 0.15) is 41.3 Å². The maximum absolute atomic E-state index is 13.0. The maximum Gasteiger partial charge on any atom is 0.416 e. The van der Waals surface area contributed by atoms with E-state index in [1.807, 2.05) is 36.1 Å². The van der Waals surface area contributed by atoms with E-state index in [1.54, 1.807) is 29.6 Å². The van der Waals surface area contributed by atoms with Gasteiger partial charge in [-0.05, 0) is 60.5 Å². The molecule has 7 nitrogen and oxygen atoms in total. The molecule has 4 rings (SSSR count). The SMILES string of the molecule is CCCOc1ccc(CN(c2ccc(C(=O)NCCC(=O)O)cc2)c2nc(-c3ccc(C(F)(F)F)cc3)cs2)cc1. The molecule has 0 spiro atoms. The second-order valence-electron chi connectivity index (χ2n) is 9.12. The van der Waals surface area contributed by atoms with E-state index in [9.17, 15) is 22.8 Å². The third-order valence-corrected chi connectivity index (χ3v) is 6.90. The molecule has 1 heterocycles. The van der Waals surface area contributed by atoms with Crippen LogP contribution in [0.25, 0.3) is 11.3 Å². The van der Waals surface area contributed by atoms with Crippen LogP contribution in [0, 0.1) is 0 Å². The normalized spacial score (nSPS) is 11.2. The predicted molar refractivity (Wildman–Crippen MR) is 152 cm³/mol. The van der Waals surface area contributed by atoms with Crippen LogP contribution < -0.4 is 15.0 Å². The lowest BCUT2D eigenvalue weighted by molar-refractivity contribution is -0.138. The molecule has 0 fully saturated rings. The van der Waals surface area contributed by atoms with Gasteiger partial charge in [0, 0.05) is 28.7 Å². The number of hydrogen-bond acceptors (Lipinski definition) is 6. The van der Waals surface area contributed by atoms with Crippen molar-refractivity contribution in [3.63, 3.8) is 0 Å². The Hall–Kier alpha value is -4.38. The van der Waals surface area contributed by atoms with E-state index in [0.717, 1.165) is 35.6 Å². The lowest BCUT2D eigenvalue weighted by Gasteiger charge is -2.23. The minimum Gasteiger partial charge on any atom is -0.494 e. The molecule has 0 aliphatic rings. The average molecular weight is 584 g/mol. The summed E-state index contributed by atoms with van der Waals surface area (Å²) in [5.74, 6) is -0.620. The molecule has 0 atom stereocenters. The largest absolute Gasteiger partial charge is 0.494 e. The number of carbonyl (C=O) groups is 2. The number of carboxylic acid groups (broad SMARTS) is 1. The number of aromatic nitrogens is 1. The number of hydrogen-bond donors (Lipinski definition) is 2. The molecule has 1 amide bonds. The second-order valence-corrected chi connectivity index (χ2v) is 9.95. The van der Waals surface area contributed by atoms with Gasteiger partial charge in [-0.2, -0.15) is 13.2 Å². The first-order chi connectivity index (χ1) is 19.6. The first-order valence-electron chi connectivity index (χ1n) is 12.9. The van der Waals surface area contributed by atoms with E-state index in [-0.39, 0.29) is 18.9 Å². The van der Waals surface area contributed by atoms with Gasteiger partial charge >= 0.3 is 12.1 Å². The summed E-state index contributed by atoms with van der Waals surface area (Å²) in [5.41, 5.74) is 2.47. The van der Waals surface area contributed by atoms with Crippen molar-refractivity contribution in [1.29, 1.82) is 0 Å². The number of carboxylic acids is 1. The Kier molecular flexibility index (Phi) is 9.61. The van der Waals surface area contributed by atoms with Crippen molar-refractivity contribution in [2.45, 2.75) is 32.5 Å². The number of nitrogens with one attached hydrogen (secondary N) is 1. The number of rotatable bonds is 12. The highest BCUT2D eigenvalue weighted by Gasteiger charge is 2.30. The molecule has 0 aliphatic heterocycles. The number of benzene rings is 3. The minimum absolute atomic E-state index is 0.0197. The quantitative estimate of drug-likeness (QED) is 0.184. The molecule has 4 aromatic rings. The molecule has 0 bridgehead atoms. The van der Waals surface area contributed by atoms with Gasteiger partial charge in [-0.15, -0.1) is 11.3 Å². The van der Waals surface area contributed by atoms with Crippen molar-refractivity contribution < 1.29 is 32.6 Å². The summed E-state index contributed by atoms with van der Waals surface area (Å²) in [6, 6.07) is 19.4. The van der Waals surface area contributed by atoms with Crippen molar-refractivity contribution in [2.24, 2.45) is 0 Å². The molecule has 0 saturated heterocycles. The zero-order chi connectivity index (χ0) is 29.4. The number of aliphatic carboxylic acids is 1. The maximum atomic E-state index is 13.0. The Morgan fingerprint density at radius 1 is 1.00 bits per heavy atom. The fourth-order valence-corrected chi connectivity index (χ4v) is 4.75. The summed E-state index contributed by atoms with van der Waals surface area (Å²) in [4.78, 5) is 29.8. The lowest BCUT2D eigenvalue weighted by Crippen LogP contribution is -2.26. The van der Waals surface area contributed by atoms with Gasteiger partial charge in [0.1, 0.15) is 5.75 Å². The van der Waals surface area contributed by atoms with Gasteiger partial charge in [0.05, 0.1) is 30.8 Å². The highest BCUT2D eigenvalue weighted by atomic mass is 32.1. The van der Waals surface area contributed by atoms with E-state index in [4.69, 9.17) is 14.8 Å². The molecule has 214 valence electrons. The van der Waals surface area contributed by atoms with E-state index in [0.29, 0.717) is 35.1 Å². The first-order valence-corrected chi connectivity index (χ1v) is 13.7. The molecule has 2 N–H and O–H groups in total. The van der Waals surface area contributed by atoms with Crippen LogP contribution in [0.2, 0.25) is 0 Å². The standard InChI is InChI=1S/C30H28F3N3O4S/c1-2-17-40-25-13-3-20(4-14-25)18-36(24-11-7-22(8-12-24)28(39)34-16-15-27(37)38)29-35-26(19-41-29)21-5-9-23(10-6-21)30(31,32)33/h3-14,19H,2,15-18H2,1H3,(H,34,39)(H,37,38). The number of alkyl halides is 3. The van der Waals surface area contributed by atoms with Gasteiger partial charge < -0.3 is 20.1 Å². The van der Waals surface area contributed by atoms with Crippen LogP contribution in [0.15, 0.2) is 78.2 Å². The molecular weight excluding hydrogens is 555 g/mol. The number of ether oxygens (including phenoxy) is 1. The lowest BCUT2D eigenvalue weighted by atomic mass is 10.1. The average Bonchev–Trinajstić information content (AvgIpc) is 3.45. The summed E-state index contributed by atoms with van der Waals surface area (Å²) >= 11 is 1.35. The zero-order valence-electron chi connectivity index (χ0n) is 22.1. The molecule has 1 aromatic heterocycles. The molecule has 41 heavy (non-hydrogen) atoms. The summed E-state index contributed by atoms with van der Waals surface area (Å²) in [6.45, 7) is 3.10. The topological polar surface area (TPSA) is 91.8 Å². The highest BCUT2D eigenvalue weighted by Crippen LogP contribution is 2.35. The van der Waals surface area contributed by atoms with Gasteiger partial charge in [-0.25, -0.2) is 4.98 Å². The molecule has 0 saturated carbocycles. The Labute approximate surface area is 239 Å². The summed E-state index contributed by atoms with van der Waals surface area (Å²) in [6.07, 6.45) is -3.70. The number of nitrogens with zero attached hydrogens (tertiary/aromatic N) is 2. The monoisotopic (exact) mass is 583 g/mol. The van der Waals surface area contributed by atoms with Crippen molar-refractivity contribution in [2.75, 3.05) is 18.1 Å². The summed E-state index contributed by atoms with van der Waals surface area (Å²) < 4.78 is 44.7. The Balaban J connectivity index is 1.59. The third-order valence-electron chi connectivity index (χ3n) is 6.03. The molecule has 0 radical (unpaired) electrons. The minimum atomic E-state index is -4.42. The van der Waals surface area contributed by atoms with Crippen LogP contribution in [-0.2, 0) is 17.5 Å². The third kappa shape index (κ3) is 8.07. The van der Waals surface area contributed by atoms with Crippen LogP contribution in [0.5, 0.6) is 5.75 Å². The second kappa shape index (κ2) is 13.3. The van der Waals surface area contributed by atoms with Gasteiger partial charge in [-0.3, -0.25) is 9.59 Å². The molecule has 0 aliphatic carbocycles. The number of thiazole rings is 1. The van der Waals surface area contributed by atoms with Gasteiger partial charge in [0.15, 0.2) is 5.13 Å². The fraction of sp³-hybridized carbons (Fsp3) is 0.233. The van der Waals surface area contributed by atoms with Crippen molar-refractivity contribution in [3.05, 3.63) is 94.9 Å². The van der Waals surface area contributed by atoms with E-state index in [1.165, 1.54) is 23.5 Å². The smallest absolute Gasteiger partial charge is 0.416 e. The van der Waals surface area contributed by atoms with E-state index in [2.05, 4.69) is 5.32 Å². The van der Waals surface area contributed by atoms with E-state index >= 15 is 0 Å². The zero-order valence-corrected chi connectivity index (χ0v) is 23.0. The van der Waals surface area contributed by atoms with Gasteiger partial charge in [0.25, 0.3) is 5.91 Å². The highest BCUT2D eigenvalue weighted by molar-refractivity contribution is 7.14. The molecule has 0 unspecified atom stereocenters. The molecule has 3 aromatic carbocycles. The van der Waals surface area contributed by atoms with Crippen molar-refractivity contribution in [3.8, 4) is 17.0 Å². The van der Waals surface area contributed by atoms with E-state index < -0.39 is 17.7 Å². The number of anilines is 2. The Bertz CT molecular complexity index is 1450. The summed E-state index contributed by atoms with van der Waals surface area (Å²) in [7, 11) is 0. The first kappa shape index (κ1) is 29.6. The Morgan fingerprint density at radius 2 is 1.68 bits per heavy atom. The van der Waals surface area contributed by atoms with Crippen LogP contribution in [0.3, 0.4) is 0 Å². The number of halogens is 3. The predicted octanol–water partition coefficient (Wildman–Crippen LogP) is 7.16.